The first kappa shape index (κ1) is 12.4. The molecule has 0 bridgehead atoms. The van der Waals surface area contributed by atoms with Gasteiger partial charge in [0.2, 0.25) is 0 Å². The van der Waals surface area contributed by atoms with Crippen LogP contribution in [-0.4, -0.2) is 11.2 Å². The Morgan fingerprint density at radius 3 is 2.76 bits per heavy atom. The Hall–Kier alpha value is -1.02. The minimum atomic E-state index is -0.643. The van der Waals surface area contributed by atoms with Gasteiger partial charge >= 0.3 is 0 Å². The highest BCUT2D eigenvalue weighted by molar-refractivity contribution is 5.33. The highest BCUT2D eigenvalue weighted by Crippen LogP contribution is 2.42. The van der Waals surface area contributed by atoms with Gasteiger partial charge in [-0.15, -0.1) is 0 Å². The lowest BCUT2D eigenvalue weighted by molar-refractivity contribution is 0.0404. The number of hydrogen-bond acceptors (Lipinski definition) is 2. The number of ether oxygens (including phenoxy) is 1. The Bertz CT molecular complexity index is 386. The first-order valence-corrected chi connectivity index (χ1v) is 6.49. The molecule has 1 saturated carbocycles. The van der Waals surface area contributed by atoms with Crippen LogP contribution >= 0.6 is 0 Å². The molecule has 2 unspecified atom stereocenters. The quantitative estimate of drug-likeness (QED) is 0.867. The van der Waals surface area contributed by atoms with E-state index >= 15 is 0 Å². The van der Waals surface area contributed by atoms with Gasteiger partial charge < -0.3 is 9.84 Å². The summed E-state index contributed by atoms with van der Waals surface area (Å²) in [6, 6.07) is 7.91. The molecule has 2 nitrogen and oxygen atoms in total. The Morgan fingerprint density at radius 2 is 2.18 bits per heavy atom. The summed E-state index contributed by atoms with van der Waals surface area (Å²) < 4.78 is 5.68. The summed E-state index contributed by atoms with van der Waals surface area (Å²) in [5.74, 6) is 1.46. The molecule has 0 heterocycles. The molecule has 2 atom stereocenters. The molecule has 17 heavy (non-hydrogen) atoms. The van der Waals surface area contributed by atoms with Gasteiger partial charge in [-0.2, -0.15) is 0 Å². The van der Waals surface area contributed by atoms with Crippen molar-refractivity contribution in [2.24, 2.45) is 5.92 Å². The molecule has 0 amide bonds. The van der Waals surface area contributed by atoms with Crippen molar-refractivity contribution in [3.63, 3.8) is 0 Å². The Balaban J connectivity index is 2.21. The fourth-order valence-corrected chi connectivity index (χ4v) is 2.66. The summed E-state index contributed by atoms with van der Waals surface area (Å²) >= 11 is 0. The van der Waals surface area contributed by atoms with E-state index in [2.05, 4.69) is 6.92 Å². The molecule has 1 N–H and O–H groups in total. The molecule has 2 rings (SSSR count). The third-order valence-electron chi connectivity index (χ3n) is 3.48. The molecule has 1 aromatic rings. The third-order valence-corrected chi connectivity index (χ3v) is 3.48. The lowest BCUT2D eigenvalue weighted by Gasteiger charge is -2.24. The van der Waals surface area contributed by atoms with Crippen molar-refractivity contribution in [3.05, 3.63) is 29.8 Å². The van der Waals surface area contributed by atoms with Gasteiger partial charge in [-0.05, 0) is 56.7 Å². The standard InChI is InChI=1S/C15H22O2/c1-11(2)17-14-6-4-5-13(9-14)15(16)8-7-12(3)10-15/h4-6,9,11-12,16H,7-8,10H2,1-3H3. The zero-order valence-electron chi connectivity index (χ0n) is 10.9. The van der Waals surface area contributed by atoms with E-state index in [4.69, 9.17) is 4.74 Å². The summed E-state index contributed by atoms with van der Waals surface area (Å²) in [6.45, 7) is 6.23. The van der Waals surface area contributed by atoms with Gasteiger partial charge in [0.1, 0.15) is 5.75 Å². The number of benzene rings is 1. The maximum atomic E-state index is 10.6. The van der Waals surface area contributed by atoms with Crippen molar-refractivity contribution in [2.75, 3.05) is 0 Å². The SMILES string of the molecule is CC1CCC(O)(c2cccc(OC(C)C)c2)C1. The Kier molecular flexibility index (Phi) is 3.43. The summed E-state index contributed by atoms with van der Waals surface area (Å²) in [6.07, 6.45) is 2.99. The maximum Gasteiger partial charge on any atom is 0.120 e. The lowest BCUT2D eigenvalue weighted by atomic mass is 9.91. The average Bonchev–Trinajstić information content (AvgIpc) is 2.59. The second-order valence-electron chi connectivity index (χ2n) is 5.57. The monoisotopic (exact) mass is 234 g/mol. The van der Waals surface area contributed by atoms with Crippen LogP contribution in [0.2, 0.25) is 0 Å². The average molecular weight is 234 g/mol. The van der Waals surface area contributed by atoms with Gasteiger partial charge in [0.05, 0.1) is 11.7 Å². The number of hydrogen-bond donors (Lipinski definition) is 1. The largest absolute Gasteiger partial charge is 0.491 e. The Labute approximate surface area is 104 Å². The predicted octanol–water partition coefficient (Wildman–Crippen LogP) is 3.48. The van der Waals surface area contributed by atoms with E-state index in [9.17, 15) is 5.11 Å². The molecule has 0 aliphatic heterocycles. The molecule has 1 fully saturated rings. The van der Waals surface area contributed by atoms with Gasteiger partial charge in [0.15, 0.2) is 0 Å². The maximum absolute atomic E-state index is 10.6. The smallest absolute Gasteiger partial charge is 0.120 e. The molecule has 2 heteroatoms. The van der Waals surface area contributed by atoms with Gasteiger partial charge in [0, 0.05) is 0 Å². The summed E-state index contributed by atoms with van der Waals surface area (Å²) in [7, 11) is 0. The van der Waals surface area contributed by atoms with Gasteiger partial charge in [-0.3, -0.25) is 0 Å². The minimum absolute atomic E-state index is 0.169. The summed E-state index contributed by atoms with van der Waals surface area (Å²) in [4.78, 5) is 0. The fraction of sp³-hybridized carbons (Fsp3) is 0.600. The van der Waals surface area contributed by atoms with Crippen molar-refractivity contribution in [1.82, 2.24) is 0 Å². The Morgan fingerprint density at radius 1 is 1.41 bits per heavy atom. The molecule has 94 valence electrons. The van der Waals surface area contributed by atoms with Crippen LogP contribution in [0.5, 0.6) is 5.75 Å². The van der Waals surface area contributed by atoms with E-state index < -0.39 is 5.60 Å². The second-order valence-corrected chi connectivity index (χ2v) is 5.57. The van der Waals surface area contributed by atoms with E-state index in [0.717, 1.165) is 30.6 Å². The predicted molar refractivity (Wildman–Crippen MR) is 69.1 cm³/mol. The van der Waals surface area contributed by atoms with Crippen LogP contribution in [0.1, 0.15) is 45.6 Å². The van der Waals surface area contributed by atoms with Crippen LogP contribution in [0.3, 0.4) is 0 Å². The molecular weight excluding hydrogens is 212 g/mol. The molecule has 0 saturated heterocycles. The van der Waals surface area contributed by atoms with E-state index in [1.165, 1.54) is 0 Å². The van der Waals surface area contributed by atoms with Crippen LogP contribution in [0, 0.1) is 5.92 Å². The van der Waals surface area contributed by atoms with Gasteiger partial charge in [-0.25, -0.2) is 0 Å². The van der Waals surface area contributed by atoms with Crippen LogP contribution in [0.4, 0.5) is 0 Å². The zero-order chi connectivity index (χ0) is 12.5. The van der Waals surface area contributed by atoms with Crippen molar-refractivity contribution in [2.45, 2.75) is 51.7 Å². The third kappa shape index (κ3) is 2.81. The fourth-order valence-electron chi connectivity index (χ4n) is 2.66. The van der Waals surface area contributed by atoms with E-state index in [-0.39, 0.29) is 6.10 Å². The molecule has 1 aliphatic rings. The molecule has 0 spiro atoms. The van der Waals surface area contributed by atoms with Crippen LogP contribution in [-0.2, 0) is 5.60 Å². The minimum Gasteiger partial charge on any atom is -0.491 e. The van der Waals surface area contributed by atoms with Crippen molar-refractivity contribution in [3.8, 4) is 5.75 Å². The normalized spacial score (nSPS) is 28.6. The first-order chi connectivity index (χ1) is 7.99. The highest BCUT2D eigenvalue weighted by Gasteiger charge is 2.36. The number of rotatable bonds is 3. The molecular formula is C15H22O2. The molecule has 0 radical (unpaired) electrons. The summed E-state index contributed by atoms with van der Waals surface area (Å²) in [5.41, 5.74) is 0.357. The molecule has 1 aliphatic carbocycles. The molecule has 0 aromatic heterocycles. The van der Waals surface area contributed by atoms with E-state index in [1.54, 1.807) is 0 Å². The van der Waals surface area contributed by atoms with Gasteiger partial charge in [0.25, 0.3) is 0 Å². The van der Waals surface area contributed by atoms with Crippen LogP contribution in [0.25, 0.3) is 0 Å². The topological polar surface area (TPSA) is 29.5 Å². The highest BCUT2D eigenvalue weighted by atomic mass is 16.5. The van der Waals surface area contributed by atoms with E-state index in [0.29, 0.717) is 5.92 Å². The first-order valence-electron chi connectivity index (χ1n) is 6.49. The van der Waals surface area contributed by atoms with Crippen molar-refractivity contribution in [1.29, 1.82) is 0 Å². The van der Waals surface area contributed by atoms with Gasteiger partial charge in [-0.1, -0.05) is 19.1 Å². The van der Waals surface area contributed by atoms with E-state index in [1.807, 2.05) is 38.1 Å². The van der Waals surface area contributed by atoms with Crippen LogP contribution < -0.4 is 4.74 Å². The van der Waals surface area contributed by atoms with Crippen LogP contribution in [0.15, 0.2) is 24.3 Å². The summed E-state index contributed by atoms with van der Waals surface area (Å²) in [5, 5.41) is 10.6. The van der Waals surface area contributed by atoms with Crippen molar-refractivity contribution >= 4 is 0 Å². The second kappa shape index (κ2) is 4.69. The number of aliphatic hydroxyl groups is 1. The molecule has 1 aromatic carbocycles. The lowest BCUT2D eigenvalue weighted by Crippen LogP contribution is -2.21. The van der Waals surface area contributed by atoms with Crippen molar-refractivity contribution < 1.29 is 9.84 Å². The zero-order valence-corrected chi connectivity index (χ0v) is 10.9.